The highest BCUT2D eigenvalue weighted by atomic mass is 16.5. The van der Waals surface area contributed by atoms with Crippen LogP contribution in [0.25, 0.3) is 0 Å². The van der Waals surface area contributed by atoms with Gasteiger partial charge < -0.3 is 15.2 Å². The zero-order chi connectivity index (χ0) is 15.5. The molecule has 1 aliphatic rings. The van der Waals surface area contributed by atoms with E-state index in [1.807, 2.05) is 6.07 Å². The van der Waals surface area contributed by atoms with E-state index in [0.29, 0.717) is 12.0 Å². The van der Waals surface area contributed by atoms with E-state index in [9.17, 15) is 0 Å². The molecule has 0 bridgehead atoms. The fourth-order valence-corrected chi connectivity index (χ4v) is 3.00. The topological polar surface area (TPSA) is 47.7 Å². The van der Waals surface area contributed by atoms with E-state index in [-0.39, 0.29) is 6.04 Å². The van der Waals surface area contributed by atoms with E-state index in [1.165, 1.54) is 18.4 Å². The van der Waals surface area contributed by atoms with Gasteiger partial charge in [-0.1, -0.05) is 19.9 Å². The number of rotatable bonds is 5. The molecule has 0 amide bonds. The van der Waals surface area contributed by atoms with Crippen LogP contribution in [-0.4, -0.2) is 38.8 Å². The van der Waals surface area contributed by atoms with Crippen LogP contribution in [0.1, 0.15) is 38.3 Å². The van der Waals surface area contributed by atoms with Gasteiger partial charge >= 0.3 is 0 Å². The lowest BCUT2D eigenvalue weighted by Gasteiger charge is -2.41. The Morgan fingerprint density at radius 2 is 1.76 bits per heavy atom. The Morgan fingerprint density at radius 3 is 2.29 bits per heavy atom. The predicted molar refractivity (Wildman–Crippen MR) is 85.9 cm³/mol. The van der Waals surface area contributed by atoms with Gasteiger partial charge in [0.25, 0.3) is 0 Å². The minimum Gasteiger partial charge on any atom is -0.493 e. The molecule has 1 atom stereocenters. The Hall–Kier alpha value is -1.26. The van der Waals surface area contributed by atoms with Gasteiger partial charge in [0.2, 0.25) is 0 Å². The van der Waals surface area contributed by atoms with Gasteiger partial charge in [0, 0.05) is 12.6 Å². The fraction of sp³-hybridized carbons (Fsp3) is 0.647. The van der Waals surface area contributed by atoms with Gasteiger partial charge in [-0.3, -0.25) is 4.90 Å². The zero-order valence-corrected chi connectivity index (χ0v) is 13.7. The first-order valence-corrected chi connectivity index (χ1v) is 7.67. The van der Waals surface area contributed by atoms with Gasteiger partial charge in [-0.25, -0.2) is 0 Å². The maximum atomic E-state index is 6.05. The molecule has 4 nitrogen and oxygen atoms in total. The number of nitrogens with two attached hydrogens (primary N) is 1. The molecule has 1 aliphatic heterocycles. The van der Waals surface area contributed by atoms with Gasteiger partial charge in [0.1, 0.15) is 0 Å². The standard InChI is InChI=1S/C17H28N2O2/c1-17(2)7-9-19(10-8-17)14(12-18)13-5-6-15(20-3)16(11-13)21-4/h5-6,11,14H,7-10,12,18H2,1-4H3. The second-order valence-corrected chi connectivity index (χ2v) is 6.57. The number of nitrogens with zero attached hydrogens (tertiary/aromatic N) is 1. The Labute approximate surface area is 128 Å². The third kappa shape index (κ3) is 3.69. The number of hydrogen-bond acceptors (Lipinski definition) is 4. The molecule has 0 spiro atoms. The summed E-state index contributed by atoms with van der Waals surface area (Å²) < 4.78 is 10.7. The van der Waals surface area contributed by atoms with Crippen molar-refractivity contribution in [1.82, 2.24) is 4.90 Å². The van der Waals surface area contributed by atoms with Crippen LogP contribution in [0.2, 0.25) is 0 Å². The lowest BCUT2D eigenvalue weighted by Crippen LogP contribution is -2.42. The van der Waals surface area contributed by atoms with E-state index < -0.39 is 0 Å². The van der Waals surface area contributed by atoms with Crippen LogP contribution in [0.4, 0.5) is 0 Å². The first kappa shape index (κ1) is 16.1. The average molecular weight is 292 g/mol. The van der Waals surface area contributed by atoms with Gasteiger partial charge in [-0.05, 0) is 49.0 Å². The van der Waals surface area contributed by atoms with E-state index in [0.717, 1.165) is 24.6 Å². The Balaban J connectivity index is 2.18. The Morgan fingerprint density at radius 1 is 1.14 bits per heavy atom. The SMILES string of the molecule is COc1ccc(C(CN)N2CCC(C)(C)CC2)cc1OC. The summed E-state index contributed by atoms with van der Waals surface area (Å²) in [5.41, 5.74) is 7.71. The second kappa shape index (κ2) is 6.67. The number of likely N-dealkylation sites (tertiary alicyclic amines) is 1. The van der Waals surface area contributed by atoms with Crippen molar-refractivity contribution in [3.63, 3.8) is 0 Å². The van der Waals surface area contributed by atoms with E-state index >= 15 is 0 Å². The minimum atomic E-state index is 0.251. The second-order valence-electron chi connectivity index (χ2n) is 6.57. The summed E-state index contributed by atoms with van der Waals surface area (Å²) in [5.74, 6) is 1.53. The van der Waals surface area contributed by atoms with Crippen LogP contribution in [0.15, 0.2) is 18.2 Å². The highest BCUT2D eigenvalue weighted by Crippen LogP contribution is 2.36. The molecule has 2 N–H and O–H groups in total. The predicted octanol–water partition coefficient (Wildman–Crippen LogP) is 2.83. The maximum absolute atomic E-state index is 6.05. The Bertz CT molecular complexity index is 464. The van der Waals surface area contributed by atoms with Crippen molar-refractivity contribution in [3.05, 3.63) is 23.8 Å². The molecule has 1 saturated heterocycles. The lowest BCUT2D eigenvalue weighted by molar-refractivity contribution is 0.0963. The largest absolute Gasteiger partial charge is 0.493 e. The smallest absolute Gasteiger partial charge is 0.161 e. The number of benzene rings is 1. The van der Waals surface area contributed by atoms with E-state index in [4.69, 9.17) is 15.2 Å². The summed E-state index contributed by atoms with van der Waals surface area (Å²) in [6.45, 7) is 7.51. The Kier molecular flexibility index (Phi) is 5.12. The number of methoxy groups -OCH3 is 2. The normalized spacial score (nSPS) is 20.0. The summed E-state index contributed by atoms with van der Waals surface area (Å²) in [6.07, 6.45) is 2.44. The summed E-state index contributed by atoms with van der Waals surface area (Å²) in [5, 5.41) is 0. The van der Waals surface area contributed by atoms with Crippen molar-refractivity contribution in [2.24, 2.45) is 11.1 Å². The molecule has 1 aromatic carbocycles. The molecule has 0 aromatic heterocycles. The van der Waals surface area contributed by atoms with Crippen molar-refractivity contribution in [2.75, 3.05) is 33.9 Å². The van der Waals surface area contributed by atoms with Gasteiger partial charge in [-0.2, -0.15) is 0 Å². The molecule has 1 fully saturated rings. The molecule has 0 saturated carbocycles. The molecule has 0 radical (unpaired) electrons. The van der Waals surface area contributed by atoms with Crippen molar-refractivity contribution in [1.29, 1.82) is 0 Å². The molecule has 0 aliphatic carbocycles. The van der Waals surface area contributed by atoms with Crippen LogP contribution < -0.4 is 15.2 Å². The third-order valence-electron chi connectivity index (χ3n) is 4.61. The molecule has 1 aromatic rings. The van der Waals surface area contributed by atoms with Crippen LogP contribution in [-0.2, 0) is 0 Å². The summed E-state index contributed by atoms with van der Waals surface area (Å²) in [4.78, 5) is 2.49. The summed E-state index contributed by atoms with van der Waals surface area (Å²) >= 11 is 0. The summed E-state index contributed by atoms with van der Waals surface area (Å²) in [6, 6.07) is 6.36. The quantitative estimate of drug-likeness (QED) is 0.906. The number of ether oxygens (including phenoxy) is 2. The lowest BCUT2D eigenvalue weighted by atomic mass is 9.82. The maximum Gasteiger partial charge on any atom is 0.161 e. The highest BCUT2D eigenvalue weighted by molar-refractivity contribution is 5.43. The molecule has 2 rings (SSSR count). The van der Waals surface area contributed by atoms with Crippen molar-refractivity contribution >= 4 is 0 Å². The average Bonchev–Trinajstić information content (AvgIpc) is 2.49. The van der Waals surface area contributed by atoms with Crippen LogP contribution in [0.5, 0.6) is 11.5 Å². The first-order chi connectivity index (χ1) is 10.0. The number of hydrogen-bond donors (Lipinski definition) is 1. The number of piperidine rings is 1. The first-order valence-electron chi connectivity index (χ1n) is 7.67. The minimum absolute atomic E-state index is 0.251. The zero-order valence-electron chi connectivity index (χ0n) is 13.7. The van der Waals surface area contributed by atoms with Crippen molar-refractivity contribution < 1.29 is 9.47 Å². The van der Waals surface area contributed by atoms with Crippen LogP contribution in [0, 0.1) is 5.41 Å². The molecule has 1 heterocycles. The molecule has 4 heteroatoms. The molecular weight excluding hydrogens is 264 g/mol. The van der Waals surface area contributed by atoms with Crippen molar-refractivity contribution in [2.45, 2.75) is 32.7 Å². The van der Waals surface area contributed by atoms with Gasteiger partial charge in [0.05, 0.1) is 14.2 Å². The van der Waals surface area contributed by atoms with Gasteiger partial charge in [0.15, 0.2) is 11.5 Å². The van der Waals surface area contributed by atoms with E-state index in [2.05, 4.69) is 30.9 Å². The monoisotopic (exact) mass is 292 g/mol. The van der Waals surface area contributed by atoms with Crippen molar-refractivity contribution in [3.8, 4) is 11.5 Å². The fourth-order valence-electron chi connectivity index (χ4n) is 3.00. The molecule has 118 valence electrons. The van der Waals surface area contributed by atoms with Gasteiger partial charge in [-0.15, -0.1) is 0 Å². The highest BCUT2D eigenvalue weighted by Gasteiger charge is 2.29. The molecular formula is C17H28N2O2. The molecule has 1 unspecified atom stereocenters. The van der Waals surface area contributed by atoms with Crippen LogP contribution >= 0.6 is 0 Å². The summed E-state index contributed by atoms with van der Waals surface area (Å²) in [7, 11) is 3.33. The van der Waals surface area contributed by atoms with Crippen LogP contribution in [0.3, 0.4) is 0 Å². The molecule has 21 heavy (non-hydrogen) atoms. The third-order valence-corrected chi connectivity index (χ3v) is 4.61. The van der Waals surface area contributed by atoms with E-state index in [1.54, 1.807) is 14.2 Å².